The van der Waals surface area contributed by atoms with Crippen molar-refractivity contribution in [3.05, 3.63) is 16.4 Å². The van der Waals surface area contributed by atoms with Crippen LogP contribution in [-0.4, -0.2) is 45.3 Å². The molecule has 1 heterocycles. The van der Waals surface area contributed by atoms with E-state index in [1.54, 1.807) is 4.90 Å². The Bertz CT molecular complexity index is 489. The van der Waals surface area contributed by atoms with Crippen molar-refractivity contribution in [1.29, 1.82) is 0 Å². The number of amides is 1. The van der Waals surface area contributed by atoms with Gasteiger partial charge in [-0.25, -0.2) is 9.97 Å². The first-order chi connectivity index (χ1) is 9.51. The van der Waals surface area contributed by atoms with Crippen LogP contribution in [-0.2, 0) is 4.79 Å². The van der Waals surface area contributed by atoms with Crippen molar-refractivity contribution in [2.24, 2.45) is 0 Å². The second-order valence-electron chi connectivity index (χ2n) is 3.96. The van der Waals surface area contributed by atoms with Crippen LogP contribution in [0.3, 0.4) is 0 Å². The molecule has 0 spiro atoms. The van der Waals surface area contributed by atoms with Gasteiger partial charge < -0.3 is 16.0 Å². The Morgan fingerprint density at radius 3 is 2.65 bits per heavy atom. The second kappa shape index (κ2) is 7.22. The lowest BCUT2D eigenvalue weighted by atomic mass is 10.3. The molecule has 0 aromatic carbocycles. The van der Waals surface area contributed by atoms with Crippen LogP contribution in [0.5, 0.6) is 0 Å². The first-order valence-corrected chi connectivity index (χ1v) is 6.27. The molecule has 9 nitrogen and oxygen atoms in total. The summed E-state index contributed by atoms with van der Waals surface area (Å²) in [5.41, 5.74) is 5.06. The number of aromatic nitrogens is 2. The van der Waals surface area contributed by atoms with E-state index in [0.29, 0.717) is 13.1 Å². The normalized spacial score (nSPS) is 10.1. The topological polar surface area (TPSA) is 127 Å². The maximum absolute atomic E-state index is 11.8. The number of nitrogen functional groups attached to an aromatic ring is 1. The summed E-state index contributed by atoms with van der Waals surface area (Å²) in [5, 5.41) is 13.6. The van der Waals surface area contributed by atoms with Crippen LogP contribution in [0, 0.1) is 10.1 Å². The molecule has 0 unspecified atom stereocenters. The Morgan fingerprint density at radius 1 is 1.45 bits per heavy atom. The predicted molar refractivity (Wildman–Crippen MR) is 74.1 cm³/mol. The summed E-state index contributed by atoms with van der Waals surface area (Å²) in [5.74, 6) is -0.204. The summed E-state index contributed by atoms with van der Waals surface area (Å²) in [6, 6.07) is 0. The number of nitrogens with two attached hydrogens (primary N) is 1. The zero-order valence-corrected chi connectivity index (χ0v) is 11.5. The van der Waals surface area contributed by atoms with Gasteiger partial charge >= 0.3 is 5.69 Å². The van der Waals surface area contributed by atoms with E-state index < -0.39 is 4.92 Å². The minimum Gasteiger partial charge on any atom is -0.378 e. The van der Waals surface area contributed by atoms with Crippen molar-refractivity contribution in [1.82, 2.24) is 14.9 Å². The Kier molecular flexibility index (Phi) is 5.63. The van der Waals surface area contributed by atoms with Gasteiger partial charge in [-0.15, -0.1) is 0 Å². The quantitative estimate of drug-likeness (QED) is 0.554. The van der Waals surface area contributed by atoms with Crippen molar-refractivity contribution in [3.8, 4) is 0 Å². The van der Waals surface area contributed by atoms with Crippen LogP contribution in [0.25, 0.3) is 0 Å². The summed E-state index contributed by atoms with van der Waals surface area (Å²) in [7, 11) is 0. The molecule has 110 valence electrons. The van der Waals surface area contributed by atoms with Crippen molar-refractivity contribution in [3.63, 3.8) is 0 Å². The molecule has 20 heavy (non-hydrogen) atoms. The van der Waals surface area contributed by atoms with Gasteiger partial charge in [0.2, 0.25) is 17.5 Å². The molecule has 0 saturated heterocycles. The number of carbonyl (C=O) groups is 1. The average molecular weight is 282 g/mol. The fourth-order valence-corrected chi connectivity index (χ4v) is 1.72. The molecule has 0 aliphatic heterocycles. The number of anilines is 2. The molecule has 9 heteroatoms. The molecule has 1 amide bonds. The fraction of sp³-hybridized carbons (Fsp3) is 0.545. The second-order valence-corrected chi connectivity index (χ2v) is 3.96. The molecule has 0 aliphatic carbocycles. The van der Waals surface area contributed by atoms with Gasteiger partial charge in [0, 0.05) is 26.1 Å². The minimum absolute atomic E-state index is 0.0211. The Balaban J connectivity index is 2.65. The van der Waals surface area contributed by atoms with E-state index in [1.807, 2.05) is 13.8 Å². The zero-order valence-electron chi connectivity index (χ0n) is 11.5. The molecule has 1 aromatic heterocycles. The van der Waals surface area contributed by atoms with Crippen LogP contribution in [0.4, 0.5) is 17.3 Å². The highest BCUT2D eigenvalue weighted by molar-refractivity contribution is 5.77. The van der Waals surface area contributed by atoms with Crippen LogP contribution < -0.4 is 11.1 Å². The Labute approximate surface area is 116 Å². The summed E-state index contributed by atoms with van der Waals surface area (Å²) in [6.07, 6.45) is 1.36. The number of nitrogens with one attached hydrogen (secondary N) is 1. The molecule has 0 atom stereocenters. The van der Waals surface area contributed by atoms with Crippen molar-refractivity contribution >= 4 is 23.2 Å². The van der Waals surface area contributed by atoms with E-state index >= 15 is 0 Å². The third-order valence-electron chi connectivity index (χ3n) is 2.78. The van der Waals surface area contributed by atoms with Crippen LogP contribution >= 0.6 is 0 Å². The van der Waals surface area contributed by atoms with E-state index in [2.05, 4.69) is 15.3 Å². The summed E-state index contributed by atoms with van der Waals surface area (Å²) < 4.78 is 0. The molecule has 0 fully saturated rings. The summed E-state index contributed by atoms with van der Waals surface area (Å²) in [6.45, 7) is 5.30. The Morgan fingerprint density at radius 2 is 2.10 bits per heavy atom. The lowest BCUT2D eigenvalue weighted by molar-refractivity contribution is -0.383. The monoisotopic (exact) mass is 282 g/mol. The number of rotatable bonds is 7. The van der Waals surface area contributed by atoms with E-state index in [1.165, 1.54) is 0 Å². The lowest BCUT2D eigenvalue weighted by Gasteiger charge is -2.18. The zero-order chi connectivity index (χ0) is 15.1. The fourth-order valence-electron chi connectivity index (χ4n) is 1.72. The third-order valence-corrected chi connectivity index (χ3v) is 2.78. The van der Waals surface area contributed by atoms with Crippen LogP contribution in [0.1, 0.15) is 20.3 Å². The highest BCUT2D eigenvalue weighted by atomic mass is 16.6. The van der Waals surface area contributed by atoms with Crippen molar-refractivity contribution in [2.75, 3.05) is 30.7 Å². The first kappa shape index (κ1) is 15.6. The minimum atomic E-state index is -0.649. The lowest BCUT2D eigenvalue weighted by Crippen LogP contribution is -2.31. The highest BCUT2D eigenvalue weighted by Gasteiger charge is 2.20. The van der Waals surface area contributed by atoms with Gasteiger partial charge in [-0.1, -0.05) is 0 Å². The summed E-state index contributed by atoms with van der Waals surface area (Å²) in [4.78, 5) is 31.0. The molecule has 0 radical (unpaired) electrons. The van der Waals surface area contributed by atoms with Gasteiger partial charge in [0.1, 0.15) is 6.33 Å². The SMILES string of the molecule is CCN(CC)C(=O)CCNc1ncnc(N)c1[N+](=O)[O-]. The van der Waals surface area contributed by atoms with Crippen molar-refractivity contribution in [2.45, 2.75) is 20.3 Å². The van der Waals surface area contributed by atoms with Gasteiger partial charge in [0.05, 0.1) is 4.92 Å². The van der Waals surface area contributed by atoms with Crippen LogP contribution in [0.2, 0.25) is 0 Å². The molecular weight excluding hydrogens is 264 g/mol. The van der Waals surface area contributed by atoms with E-state index in [9.17, 15) is 14.9 Å². The average Bonchev–Trinajstić information content (AvgIpc) is 2.39. The third kappa shape index (κ3) is 3.77. The number of nitro groups is 1. The molecule has 0 bridgehead atoms. The maximum Gasteiger partial charge on any atom is 0.352 e. The van der Waals surface area contributed by atoms with Gasteiger partial charge in [0.25, 0.3) is 0 Å². The smallest absolute Gasteiger partial charge is 0.352 e. The highest BCUT2D eigenvalue weighted by Crippen LogP contribution is 2.25. The Hall–Kier alpha value is -2.45. The predicted octanol–water partition coefficient (Wildman–Crippen LogP) is 0.637. The summed E-state index contributed by atoms with van der Waals surface area (Å²) >= 11 is 0. The number of nitrogens with zero attached hydrogens (tertiary/aromatic N) is 4. The number of hydrogen-bond donors (Lipinski definition) is 2. The molecule has 3 N–H and O–H groups in total. The van der Waals surface area contributed by atoms with Gasteiger partial charge in [0.15, 0.2) is 0 Å². The molecule has 1 aromatic rings. The standard InChI is InChI=1S/C11H18N6O3/c1-3-16(4-2)8(18)5-6-13-11-9(17(19)20)10(12)14-7-15-11/h7H,3-6H2,1-2H3,(H3,12,13,14,15). The largest absolute Gasteiger partial charge is 0.378 e. The van der Waals surface area contributed by atoms with Gasteiger partial charge in [-0.2, -0.15) is 0 Å². The van der Waals surface area contributed by atoms with Crippen LogP contribution in [0.15, 0.2) is 6.33 Å². The molecule has 0 saturated carbocycles. The van der Waals surface area contributed by atoms with Crippen molar-refractivity contribution < 1.29 is 9.72 Å². The first-order valence-electron chi connectivity index (χ1n) is 6.27. The van der Waals surface area contributed by atoms with Gasteiger partial charge in [-0.05, 0) is 13.8 Å². The maximum atomic E-state index is 11.8. The molecular formula is C11H18N6O3. The molecule has 1 rings (SSSR count). The van der Waals surface area contributed by atoms with E-state index in [4.69, 9.17) is 5.73 Å². The molecule has 0 aliphatic rings. The number of carbonyl (C=O) groups excluding carboxylic acids is 1. The number of hydrogen-bond acceptors (Lipinski definition) is 7. The van der Waals surface area contributed by atoms with E-state index in [0.717, 1.165) is 6.33 Å². The van der Waals surface area contributed by atoms with Gasteiger partial charge in [-0.3, -0.25) is 14.9 Å². The van der Waals surface area contributed by atoms with E-state index in [-0.39, 0.29) is 36.2 Å².